The Hall–Kier alpha value is -3.76. The first kappa shape index (κ1) is 20.8. The quantitative estimate of drug-likeness (QED) is 0.362. The Balaban J connectivity index is 1.19. The molecule has 1 aliphatic rings. The third-order valence-electron chi connectivity index (χ3n) is 5.96. The minimum atomic E-state index is 0.252. The van der Waals surface area contributed by atoms with Gasteiger partial charge in [0.05, 0.1) is 10.2 Å². The maximum atomic E-state index is 6.21. The summed E-state index contributed by atoms with van der Waals surface area (Å²) in [4.78, 5) is 15.8. The van der Waals surface area contributed by atoms with Crippen molar-refractivity contribution >= 4 is 49.2 Å². The molecule has 0 bridgehead atoms. The van der Waals surface area contributed by atoms with Crippen molar-refractivity contribution in [1.82, 2.24) is 29.6 Å². The number of anilines is 3. The summed E-state index contributed by atoms with van der Waals surface area (Å²) in [5.74, 6) is 2.11. The summed E-state index contributed by atoms with van der Waals surface area (Å²) in [6.07, 6.45) is 4.12. The molecule has 172 valence electrons. The molecule has 3 aromatic heterocycles. The molecule has 0 saturated carbocycles. The molecular formula is C24H24N8OS. The van der Waals surface area contributed by atoms with Gasteiger partial charge in [-0.1, -0.05) is 18.2 Å². The van der Waals surface area contributed by atoms with Crippen LogP contribution in [0.2, 0.25) is 0 Å². The van der Waals surface area contributed by atoms with E-state index in [9.17, 15) is 0 Å². The van der Waals surface area contributed by atoms with Gasteiger partial charge in [0.15, 0.2) is 5.82 Å². The second-order valence-corrected chi connectivity index (χ2v) is 9.28. The molecule has 0 spiro atoms. The lowest BCUT2D eigenvalue weighted by Crippen LogP contribution is -2.25. The fourth-order valence-corrected chi connectivity index (χ4v) is 5.39. The van der Waals surface area contributed by atoms with Crippen LogP contribution in [0.25, 0.3) is 26.1 Å². The number of fused-ring (bicyclic) bond motifs is 3. The van der Waals surface area contributed by atoms with Gasteiger partial charge in [-0.3, -0.25) is 4.90 Å². The zero-order valence-electron chi connectivity index (χ0n) is 18.5. The molecule has 2 aromatic carbocycles. The molecule has 34 heavy (non-hydrogen) atoms. The molecular weight excluding hydrogens is 448 g/mol. The van der Waals surface area contributed by atoms with Crippen molar-refractivity contribution in [3.05, 3.63) is 54.9 Å². The highest BCUT2D eigenvalue weighted by Gasteiger charge is 2.17. The number of ether oxygens (including phenoxy) is 1. The number of aromatic nitrogens is 5. The summed E-state index contributed by atoms with van der Waals surface area (Å²) < 4.78 is 9.49. The largest absolute Gasteiger partial charge is 0.492 e. The smallest absolute Gasteiger partial charge is 0.248 e. The summed E-state index contributed by atoms with van der Waals surface area (Å²) in [6, 6.07) is 15.9. The average molecular weight is 473 g/mol. The monoisotopic (exact) mass is 472 g/mol. The minimum Gasteiger partial charge on any atom is -0.492 e. The normalized spacial score (nSPS) is 14.2. The molecule has 0 unspecified atom stereocenters. The van der Waals surface area contributed by atoms with Gasteiger partial charge >= 0.3 is 0 Å². The van der Waals surface area contributed by atoms with Gasteiger partial charge in [0, 0.05) is 22.3 Å². The fourth-order valence-electron chi connectivity index (χ4n) is 4.26. The topological polar surface area (TPSA) is 107 Å². The van der Waals surface area contributed by atoms with E-state index in [-0.39, 0.29) is 5.95 Å². The predicted octanol–water partition coefficient (Wildman–Crippen LogP) is 4.23. The summed E-state index contributed by atoms with van der Waals surface area (Å²) >= 11 is 1.61. The zero-order chi connectivity index (χ0) is 22.9. The van der Waals surface area contributed by atoms with Gasteiger partial charge in [0.1, 0.15) is 18.7 Å². The number of nitrogens with one attached hydrogen (secondary N) is 1. The van der Waals surface area contributed by atoms with Crippen molar-refractivity contribution in [3.63, 3.8) is 0 Å². The Bertz CT molecular complexity index is 1440. The van der Waals surface area contributed by atoms with Crippen LogP contribution in [0, 0.1) is 0 Å². The maximum absolute atomic E-state index is 6.21. The Kier molecular flexibility index (Phi) is 5.44. The van der Waals surface area contributed by atoms with E-state index in [1.54, 1.807) is 16.0 Å². The van der Waals surface area contributed by atoms with Crippen LogP contribution in [0.1, 0.15) is 12.8 Å². The Morgan fingerprint density at radius 2 is 1.85 bits per heavy atom. The van der Waals surface area contributed by atoms with E-state index < -0.39 is 0 Å². The predicted molar refractivity (Wildman–Crippen MR) is 135 cm³/mol. The molecule has 0 atom stereocenters. The van der Waals surface area contributed by atoms with E-state index in [0.29, 0.717) is 18.4 Å². The highest BCUT2D eigenvalue weighted by Crippen LogP contribution is 2.35. The van der Waals surface area contributed by atoms with Crippen molar-refractivity contribution in [2.45, 2.75) is 12.8 Å². The number of nitrogens with two attached hydrogens (primary N) is 1. The molecule has 3 N–H and O–H groups in total. The highest BCUT2D eigenvalue weighted by molar-refractivity contribution is 7.26. The second-order valence-electron chi connectivity index (χ2n) is 8.23. The molecule has 4 heterocycles. The lowest BCUT2D eigenvalue weighted by Gasteiger charge is -2.15. The molecule has 0 aliphatic carbocycles. The molecule has 0 radical (unpaired) electrons. The van der Waals surface area contributed by atoms with E-state index in [1.165, 1.54) is 32.3 Å². The fraction of sp³-hybridized carbons (Fsp3) is 0.250. The molecule has 0 amide bonds. The SMILES string of the molecule is Nc1nc(Nc2ccc(OCCN3CCCC3)cc2)nn1-c1ncnc2c1sc1ccccc12. The molecule has 1 aliphatic heterocycles. The first-order valence-corrected chi connectivity index (χ1v) is 12.1. The van der Waals surface area contributed by atoms with Crippen molar-refractivity contribution < 1.29 is 4.74 Å². The van der Waals surface area contributed by atoms with Crippen molar-refractivity contribution in [1.29, 1.82) is 0 Å². The van der Waals surface area contributed by atoms with Gasteiger partial charge in [-0.25, -0.2) is 9.97 Å². The minimum absolute atomic E-state index is 0.252. The molecule has 5 aromatic rings. The number of benzene rings is 2. The third-order valence-corrected chi connectivity index (χ3v) is 7.11. The number of likely N-dealkylation sites (tertiary alicyclic amines) is 1. The lowest BCUT2D eigenvalue weighted by molar-refractivity contribution is 0.238. The van der Waals surface area contributed by atoms with E-state index in [2.05, 4.69) is 42.4 Å². The summed E-state index contributed by atoms with van der Waals surface area (Å²) in [7, 11) is 0. The summed E-state index contributed by atoms with van der Waals surface area (Å²) in [6.45, 7) is 4.02. The van der Waals surface area contributed by atoms with Gasteiger partial charge in [0.25, 0.3) is 0 Å². The number of thiophene rings is 1. The Morgan fingerprint density at radius 1 is 1.03 bits per heavy atom. The number of nitrogen functional groups attached to an aromatic ring is 1. The zero-order valence-corrected chi connectivity index (χ0v) is 19.3. The molecule has 1 saturated heterocycles. The van der Waals surface area contributed by atoms with Crippen molar-refractivity contribution in [2.75, 3.05) is 37.3 Å². The van der Waals surface area contributed by atoms with E-state index >= 15 is 0 Å². The first-order chi connectivity index (χ1) is 16.7. The number of hydrogen-bond donors (Lipinski definition) is 2. The summed E-state index contributed by atoms with van der Waals surface area (Å²) in [5.41, 5.74) is 7.94. The number of hydrogen-bond acceptors (Lipinski definition) is 9. The second kappa shape index (κ2) is 8.88. The van der Waals surface area contributed by atoms with Crippen LogP contribution in [-0.4, -0.2) is 55.9 Å². The maximum Gasteiger partial charge on any atom is 0.248 e. The van der Waals surface area contributed by atoms with Crippen LogP contribution >= 0.6 is 11.3 Å². The average Bonchev–Trinajstić information content (AvgIpc) is 3.59. The lowest BCUT2D eigenvalue weighted by atomic mass is 10.2. The van der Waals surface area contributed by atoms with E-state index in [1.807, 2.05) is 36.4 Å². The van der Waals surface area contributed by atoms with Gasteiger partial charge in [-0.2, -0.15) is 9.67 Å². The van der Waals surface area contributed by atoms with Crippen LogP contribution in [0.3, 0.4) is 0 Å². The van der Waals surface area contributed by atoms with Crippen molar-refractivity contribution in [3.8, 4) is 11.6 Å². The summed E-state index contributed by atoms with van der Waals surface area (Å²) in [5, 5.41) is 8.86. The van der Waals surface area contributed by atoms with E-state index in [4.69, 9.17) is 10.5 Å². The van der Waals surface area contributed by atoms with Crippen LogP contribution in [0.15, 0.2) is 54.9 Å². The number of nitrogens with zero attached hydrogens (tertiary/aromatic N) is 6. The Labute approximate surface area is 200 Å². The standard InChI is InChI=1S/C24H24N8OS/c25-23-29-24(28-16-7-9-17(10-8-16)33-14-13-31-11-3-4-12-31)30-32(23)22-21-20(26-15-27-22)18-5-1-2-6-19(18)34-21/h1-2,5-10,15H,3-4,11-14H2,(H3,25,28,29,30). The molecule has 9 nitrogen and oxygen atoms in total. The Morgan fingerprint density at radius 3 is 2.71 bits per heavy atom. The van der Waals surface area contributed by atoms with Crippen LogP contribution < -0.4 is 15.8 Å². The van der Waals surface area contributed by atoms with Crippen LogP contribution in [0.5, 0.6) is 5.75 Å². The van der Waals surface area contributed by atoms with Gasteiger partial charge in [-0.15, -0.1) is 16.4 Å². The number of rotatable bonds is 7. The van der Waals surface area contributed by atoms with Gasteiger partial charge in [0.2, 0.25) is 11.9 Å². The molecule has 10 heteroatoms. The molecule has 1 fully saturated rings. The van der Waals surface area contributed by atoms with Crippen LogP contribution in [-0.2, 0) is 0 Å². The van der Waals surface area contributed by atoms with Crippen LogP contribution in [0.4, 0.5) is 17.6 Å². The highest BCUT2D eigenvalue weighted by atomic mass is 32.1. The van der Waals surface area contributed by atoms with Crippen molar-refractivity contribution in [2.24, 2.45) is 0 Å². The molecule has 6 rings (SSSR count). The van der Waals surface area contributed by atoms with Gasteiger partial charge in [-0.05, 0) is 56.3 Å². The third kappa shape index (κ3) is 4.02. The first-order valence-electron chi connectivity index (χ1n) is 11.3. The van der Waals surface area contributed by atoms with E-state index in [0.717, 1.165) is 38.3 Å². The van der Waals surface area contributed by atoms with Gasteiger partial charge < -0.3 is 15.8 Å².